The summed E-state index contributed by atoms with van der Waals surface area (Å²) in [7, 11) is 0. The summed E-state index contributed by atoms with van der Waals surface area (Å²) in [6.07, 6.45) is 0. The van der Waals surface area contributed by atoms with Crippen molar-refractivity contribution < 1.29 is 0 Å². The molecule has 0 saturated heterocycles. The average Bonchev–Trinajstić information content (AvgIpc) is 2.75. The van der Waals surface area contributed by atoms with Crippen LogP contribution in [0.5, 0.6) is 0 Å². The van der Waals surface area contributed by atoms with Crippen LogP contribution in [0.25, 0.3) is 22.3 Å². The summed E-state index contributed by atoms with van der Waals surface area (Å²) in [5.41, 5.74) is 4.55. The van der Waals surface area contributed by atoms with Gasteiger partial charge in [0.05, 0.1) is 0 Å². The Morgan fingerprint density at radius 1 is 0.481 bits per heavy atom. The quantitative estimate of drug-likeness (QED) is 0.286. The first-order valence-electron chi connectivity index (χ1n) is 8.85. The lowest BCUT2D eigenvalue weighted by molar-refractivity contribution is 1.60. The molecular formula is C24H18Cl2Si. The molecule has 0 aliphatic carbocycles. The van der Waals surface area contributed by atoms with E-state index in [9.17, 15) is 0 Å². The molecule has 4 rings (SSSR count). The molecule has 132 valence electrons. The molecule has 0 fully saturated rings. The van der Waals surface area contributed by atoms with E-state index in [2.05, 4.69) is 66.7 Å². The molecule has 0 heterocycles. The third kappa shape index (κ3) is 3.59. The van der Waals surface area contributed by atoms with Crippen molar-refractivity contribution in [1.29, 1.82) is 0 Å². The van der Waals surface area contributed by atoms with Gasteiger partial charge in [-0.15, -0.1) is 22.2 Å². The van der Waals surface area contributed by atoms with Crippen molar-refractivity contribution in [2.45, 2.75) is 0 Å². The highest BCUT2D eigenvalue weighted by molar-refractivity contribution is 7.56. The van der Waals surface area contributed by atoms with E-state index in [1.54, 1.807) is 0 Å². The van der Waals surface area contributed by atoms with Gasteiger partial charge < -0.3 is 0 Å². The summed E-state index contributed by atoms with van der Waals surface area (Å²) >= 11 is 14.2. The van der Waals surface area contributed by atoms with Crippen molar-refractivity contribution in [3.63, 3.8) is 0 Å². The molecule has 0 nitrogen and oxygen atoms in total. The Kier molecular flexibility index (Phi) is 5.17. The van der Waals surface area contributed by atoms with Crippen molar-refractivity contribution in [1.82, 2.24) is 0 Å². The zero-order chi connectivity index (χ0) is 18.7. The van der Waals surface area contributed by atoms with E-state index in [-0.39, 0.29) is 0 Å². The van der Waals surface area contributed by atoms with E-state index in [1.807, 2.05) is 42.5 Å². The molecule has 0 saturated carbocycles. The SMILES string of the molecule is Cl[Si](Cl)(c1ccccc1)c1cccc(-c2ccccc2)c1-c1ccccc1. The van der Waals surface area contributed by atoms with E-state index in [0.717, 1.165) is 32.6 Å². The van der Waals surface area contributed by atoms with Crippen LogP contribution >= 0.6 is 22.2 Å². The molecule has 4 aromatic rings. The van der Waals surface area contributed by atoms with Crippen molar-refractivity contribution in [2.24, 2.45) is 0 Å². The van der Waals surface area contributed by atoms with Gasteiger partial charge in [-0.3, -0.25) is 0 Å². The predicted octanol–water partition coefficient (Wildman–Crippen LogP) is 6.05. The largest absolute Gasteiger partial charge is 0.311 e. The van der Waals surface area contributed by atoms with Gasteiger partial charge in [-0.1, -0.05) is 109 Å². The molecule has 4 aromatic carbocycles. The van der Waals surface area contributed by atoms with E-state index < -0.39 is 6.69 Å². The second-order valence-corrected chi connectivity index (χ2v) is 12.6. The van der Waals surface area contributed by atoms with Crippen molar-refractivity contribution in [3.8, 4) is 22.3 Å². The maximum atomic E-state index is 7.11. The van der Waals surface area contributed by atoms with Gasteiger partial charge in [0, 0.05) is 0 Å². The zero-order valence-corrected chi connectivity index (χ0v) is 17.2. The summed E-state index contributed by atoms with van der Waals surface area (Å²) in [4.78, 5) is 0. The Morgan fingerprint density at radius 2 is 1.00 bits per heavy atom. The normalized spacial score (nSPS) is 11.3. The first-order chi connectivity index (χ1) is 13.2. The van der Waals surface area contributed by atoms with Crippen LogP contribution < -0.4 is 10.4 Å². The van der Waals surface area contributed by atoms with Crippen LogP contribution in [0.4, 0.5) is 0 Å². The average molecular weight is 405 g/mol. The van der Waals surface area contributed by atoms with E-state index >= 15 is 0 Å². The molecule has 0 unspecified atom stereocenters. The van der Waals surface area contributed by atoms with E-state index in [4.69, 9.17) is 22.2 Å². The summed E-state index contributed by atoms with van der Waals surface area (Å²) in [6, 6.07) is 37.0. The van der Waals surface area contributed by atoms with Crippen LogP contribution in [0.3, 0.4) is 0 Å². The minimum Gasteiger partial charge on any atom is -0.134 e. The molecule has 3 heteroatoms. The highest BCUT2D eigenvalue weighted by Crippen LogP contribution is 2.33. The molecule has 0 aliphatic rings. The molecule has 27 heavy (non-hydrogen) atoms. The Labute approximate surface area is 170 Å². The Balaban J connectivity index is 2.01. The smallest absolute Gasteiger partial charge is 0.134 e. The lowest BCUT2D eigenvalue weighted by atomic mass is 9.94. The number of halogens is 2. The topological polar surface area (TPSA) is 0 Å². The molecule has 0 aromatic heterocycles. The van der Waals surface area contributed by atoms with Gasteiger partial charge in [0.1, 0.15) is 0 Å². The van der Waals surface area contributed by atoms with Gasteiger partial charge in [0.15, 0.2) is 0 Å². The fourth-order valence-electron chi connectivity index (χ4n) is 3.39. The fraction of sp³-hybridized carbons (Fsp3) is 0. The van der Waals surface area contributed by atoms with E-state index in [0.29, 0.717) is 0 Å². The molecule has 0 bridgehead atoms. The Morgan fingerprint density at radius 3 is 1.59 bits per heavy atom. The van der Waals surface area contributed by atoms with Gasteiger partial charge in [-0.05, 0) is 32.6 Å². The van der Waals surface area contributed by atoms with Gasteiger partial charge in [-0.25, -0.2) is 0 Å². The van der Waals surface area contributed by atoms with E-state index in [1.165, 1.54) is 0 Å². The maximum absolute atomic E-state index is 7.11. The second kappa shape index (κ2) is 7.73. The molecule has 0 N–H and O–H groups in total. The summed E-state index contributed by atoms with van der Waals surface area (Å²) < 4.78 is 0. The van der Waals surface area contributed by atoms with Crippen molar-refractivity contribution in [2.75, 3.05) is 0 Å². The number of benzene rings is 4. The van der Waals surface area contributed by atoms with Crippen LogP contribution in [0.1, 0.15) is 0 Å². The molecule has 0 amide bonds. The second-order valence-electron chi connectivity index (χ2n) is 6.40. The van der Waals surface area contributed by atoms with Crippen LogP contribution in [0.2, 0.25) is 0 Å². The van der Waals surface area contributed by atoms with Crippen LogP contribution in [-0.4, -0.2) is 6.69 Å². The number of rotatable bonds is 4. The van der Waals surface area contributed by atoms with Crippen LogP contribution in [0.15, 0.2) is 109 Å². The minimum absolute atomic E-state index is 0.996. The summed E-state index contributed by atoms with van der Waals surface area (Å²) in [6.45, 7) is -2.90. The van der Waals surface area contributed by atoms with Crippen molar-refractivity contribution >= 4 is 39.2 Å². The molecule has 0 aliphatic heterocycles. The van der Waals surface area contributed by atoms with Crippen molar-refractivity contribution in [3.05, 3.63) is 109 Å². The third-order valence-corrected chi connectivity index (χ3v) is 9.37. The number of hydrogen-bond donors (Lipinski definition) is 0. The van der Waals surface area contributed by atoms with Crippen LogP contribution in [-0.2, 0) is 0 Å². The van der Waals surface area contributed by atoms with Gasteiger partial charge in [0.25, 0.3) is 0 Å². The highest BCUT2D eigenvalue weighted by Gasteiger charge is 2.36. The lowest BCUT2D eigenvalue weighted by Crippen LogP contribution is -2.49. The zero-order valence-electron chi connectivity index (χ0n) is 14.6. The fourth-order valence-corrected chi connectivity index (χ4v) is 6.91. The lowest BCUT2D eigenvalue weighted by Gasteiger charge is -2.24. The molecule has 0 radical (unpaired) electrons. The molecule has 0 spiro atoms. The summed E-state index contributed by atoms with van der Waals surface area (Å²) in [5.74, 6) is 0. The standard InChI is InChI=1S/C24H18Cl2Si/c25-27(26,21-15-8-3-9-16-21)23-18-10-17-22(19-11-4-1-5-12-19)24(23)20-13-6-2-7-14-20/h1-18H. The van der Waals surface area contributed by atoms with Gasteiger partial charge in [0.2, 0.25) is 0 Å². The molecule has 0 atom stereocenters. The molecular weight excluding hydrogens is 387 g/mol. The van der Waals surface area contributed by atoms with Gasteiger partial charge >= 0.3 is 6.69 Å². The number of hydrogen-bond acceptors (Lipinski definition) is 0. The monoisotopic (exact) mass is 404 g/mol. The van der Waals surface area contributed by atoms with Gasteiger partial charge in [-0.2, -0.15) is 0 Å². The maximum Gasteiger partial charge on any atom is 0.311 e. The Bertz CT molecular complexity index is 1030. The third-order valence-electron chi connectivity index (χ3n) is 4.69. The Hall–Kier alpha value is -2.32. The highest BCUT2D eigenvalue weighted by atomic mass is 35.7. The first kappa shape index (κ1) is 18.1. The van der Waals surface area contributed by atoms with Crippen LogP contribution in [0, 0.1) is 0 Å². The predicted molar refractivity (Wildman–Crippen MR) is 120 cm³/mol. The summed E-state index contributed by atoms with van der Waals surface area (Å²) in [5, 5.41) is 2.01. The first-order valence-corrected chi connectivity index (χ1v) is 12.9. The minimum atomic E-state index is -2.90.